The number of ether oxygens (including phenoxy) is 1. The summed E-state index contributed by atoms with van der Waals surface area (Å²) in [7, 11) is -1.96. The first-order valence-corrected chi connectivity index (χ1v) is 11.8. The lowest BCUT2D eigenvalue weighted by Crippen LogP contribution is -2.37. The van der Waals surface area contributed by atoms with Crippen molar-refractivity contribution in [3.63, 3.8) is 0 Å². The van der Waals surface area contributed by atoms with Gasteiger partial charge in [-0.1, -0.05) is 13.0 Å². The number of rotatable bonds is 7. The van der Waals surface area contributed by atoms with Crippen molar-refractivity contribution >= 4 is 17.0 Å². The van der Waals surface area contributed by atoms with Gasteiger partial charge in [0.15, 0.2) is 0 Å². The van der Waals surface area contributed by atoms with E-state index in [0.29, 0.717) is 35.3 Å². The molecule has 1 heterocycles. The van der Waals surface area contributed by atoms with Gasteiger partial charge in [-0.05, 0) is 70.6 Å². The normalized spacial score (nSPS) is 19.8. The smallest absolute Gasteiger partial charge is 0.478 e. The van der Waals surface area contributed by atoms with E-state index in [1.54, 1.807) is 33.8 Å². The lowest BCUT2D eigenvalue weighted by atomic mass is 9.76. The molecule has 2 N–H and O–H groups in total. The second-order valence-corrected chi connectivity index (χ2v) is 10.9. The number of aromatic carboxylic acids is 1. The lowest BCUT2D eigenvalue weighted by molar-refractivity contribution is -0.275. The maximum atomic E-state index is 13.1. The van der Waals surface area contributed by atoms with Crippen LogP contribution in [0.25, 0.3) is 11.3 Å². The Morgan fingerprint density at radius 2 is 1.88 bits per heavy atom. The van der Waals surface area contributed by atoms with Gasteiger partial charge in [0.25, 0.3) is 0 Å². The molecule has 0 saturated heterocycles. The third kappa shape index (κ3) is 6.17. The molecule has 1 unspecified atom stereocenters. The third-order valence-electron chi connectivity index (χ3n) is 5.57. The van der Waals surface area contributed by atoms with Crippen LogP contribution in [0.15, 0.2) is 29.2 Å². The Kier molecular flexibility index (Phi) is 7.00. The second-order valence-electron chi connectivity index (χ2n) is 9.72. The molecule has 1 aliphatic carbocycles. The Balaban J connectivity index is 2.08. The van der Waals surface area contributed by atoms with Gasteiger partial charge in [-0.25, -0.2) is 13.7 Å². The van der Waals surface area contributed by atoms with Crippen molar-refractivity contribution in [1.29, 1.82) is 0 Å². The zero-order valence-electron chi connectivity index (χ0n) is 19.2. The van der Waals surface area contributed by atoms with Crippen molar-refractivity contribution in [3.05, 3.63) is 35.5 Å². The largest absolute Gasteiger partial charge is 0.573 e. The van der Waals surface area contributed by atoms with Crippen molar-refractivity contribution < 1.29 is 32.0 Å². The summed E-state index contributed by atoms with van der Waals surface area (Å²) in [4.78, 5) is 11.6. The highest BCUT2D eigenvalue weighted by Crippen LogP contribution is 2.38. The number of alkyl halides is 3. The van der Waals surface area contributed by atoms with E-state index >= 15 is 0 Å². The molecule has 0 bridgehead atoms. The molecule has 1 aliphatic rings. The number of nitrogens with zero attached hydrogens (tertiary/aromatic N) is 1. The average molecular weight is 487 g/mol. The Hall–Kier alpha value is -2.33. The molecule has 1 aromatic heterocycles. The second kappa shape index (κ2) is 9.13. The van der Waals surface area contributed by atoms with Crippen LogP contribution in [-0.4, -0.2) is 31.8 Å². The van der Waals surface area contributed by atoms with Crippen LogP contribution >= 0.6 is 0 Å². The van der Waals surface area contributed by atoms with Crippen LogP contribution in [0.2, 0.25) is 0 Å². The zero-order chi connectivity index (χ0) is 24.7. The molecule has 1 fully saturated rings. The molecule has 3 rings (SSSR count). The van der Waals surface area contributed by atoms with Crippen LogP contribution in [0, 0.1) is 18.8 Å². The molecular weight excluding hydrogens is 457 g/mol. The van der Waals surface area contributed by atoms with E-state index in [0.717, 1.165) is 12.8 Å². The molecule has 0 aliphatic heterocycles. The highest BCUT2D eigenvalue weighted by Gasteiger charge is 2.34. The average Bonchev–Trinajstić information content (AvgIpc) is 2.94. The van der Waals surface area contributed by atoms with Crippen molar-refractivity contribution in [1.82, 2.24) is 9.29 Å². The summed E-state index contributed by atoms with van der Waals surface area (Å²) in [5.41, 5.74) is 0.864. The fourth-order valence-corrected chi connectivity index (χ4v) is 5.31. The topological polar surface area (TPSA) is 80.6 Å². The SMILES string of the molecule is Cc1c(C(=O)O)cc(-c2ccc(S(=O)NC(C)(C)C)c(OC(F)(F)F)c2)n1CC1CC(C)C1. The molecular formula is C23H29F3N2O4S. The molecule has 1 aromatic carbocycles. The molecule has 0 amide bonds. The summed E-state index contributed by atoms with van der Waals surface area (Å²) in [6.07, 6.45) is -2.96. The first kappa shape index (κ1) is 25.3. The van der Waals surface area contributed by atoms with E-state index in [1.807, 2.05) is 4.57 Å². The number of benzene rings is 1. The highest BCUT2D eigenvalue weighted by molar-refractivity contribution is 7.83. The van der Waals surface area contributed by atoms with E-state index in [-0.39, 0.29) is 10.5 Å². The number of carboxylic acids is 1. The zero-order valence-corrected chi connectivity index (χ0v) is 20.1. The van der Waals surface area contributed by atoms with Crippen LogP contribution in [0.4, 0.5) is 13.2 Å². The van der Waals surface area contributed by atoms with Crippen molar-refractivity contribution in [2.75, 3.05) is 0 Å². The Labute approximate surface area is 193 Å². The van der Waals surface area contributed by atoms with Crippen molar-refractivity contribution in [3.8, 4) is 17.0 Å². The number of aromatic nitrogens is 1. The molecule has 1 atom stereocenters. The van der Waals surface area contributed by atoms with Gasteiger partial charge in [-0.2, -0.15) is 0 Å². The monoisotopic (exact) mass is 486 g/mol. The van der Waals surface area contributed by atoms with E-state index in [2.05, 4.69) is 16.4 Å². The number of nitrogens with one attached hydrogen (secondary N) is 1. The van der Waals surface area contributed by atoms with Gasteiger partial charge in [-0.15, -0.1) is 13.2 Å². The highest BCUT2D eigenvalue weighted by atomic mass is 32.2. The van der Waals surface area contributed by atoms with Gasteiger partial charge < -0.3 is 14.4 Å². The maximum Gasteiger partial charge on any atom is 0.573 e. The predicted octanol–water partition coefficient (Wildman–Crippen LogP) is 5.52. The lowest BCUT2D eigenvalue weighted by Gasteiger charge is -2.34. The predicted molar refractivity (Wildman–Crippen MR) is 119 cm³/mol. The molecule has 1 saturated carbocycles. The number of hydrogen-bond donors (Lipinski definition) is 2. The molecule has 2 aromatic rings. The van der Waals surface area contributed by atoms with Crippen LogP contribution in [-0.2, 0) is 17.5 Å². The van der Waals surface area contributed by atoms with Gasteiger partial charge in [0.2, 0.25) is 0 Å². The Morgan fingerprint density at radius 1 is 1.24 bits per heavy atom. The summed E-state index contributed by atoms with van der Waals surface area (Å²) < 4.78 is 61.0. The van der Waals surface area contributed by atoms with Gasteiger partial charge >= 0.3 is 12.3 Å². The van der Waals surface area contributed by atoms with Gasteiger partial charge in [-0.3, -0.25) is 0 Å². The molecule has 10 heteroatoms. The van der Waals surface area contributed by atoms with Crippen LogP contribution in [0.5, 0.6) is 5.75 Å². The Morgan fingerprint density at radius 3 is 2.39 bits per heavy atom. The summed E-state index contributed by atoms with van der Waals surface area (Å²) in [6.45, 7) is 9.65. The number of halogens is 3. The molecule has 0 spiro atoms. The number of carbonyl (C=O) groups is 1. The van der Waals surface area contributed by atoms with E-state index in [9.17, 15) is 27.3 Å². The first-order valence-electron chi connectivity index (χ1n) is 10.7. The summed E-state index contributed by atoms with van der Waals surface area (Å²) in [5.74, 6) is -0.715. The molecule has 6 nitrogen and oxygen atoms in total. The van der Waals surface area contributed by atoms with Crippen LogP contribution < -0.4 is 9.46 Å². The fraction of sp³-hybridized carbons (Fsp3) is 0.522. The third-order valence-corrected chi connectivity index (χ3v) is 7.11. The summed E-state index contributed by atoms with van der Waals surface area (Å²) in [5, 5.41) is 9.59. The first-order chi connectivity index (χ1) is 15.1. The van der Waals surface area contributed by atoms with Gasteiger partial charge in [0.1, 0.15) is 16.7 Å². The van der Waals surface area contributed by atoms with Crippen LogP contribution in [0.3, 0.4) is 0 Å². The molecule has 182 valence electrons. The van der Waals surface area contributed by atoms with E-state index in [4.69, 9.17) is 0 Å². The quantitative estimate of drug-likeness (QED) is 0.540. The van der Waals surface area contributed by atoms with Crippen molar-refractivity contribution in [2.45, 2.75) is 70.8 Å². The minimum atomic E-state index is -4.98. The Bertz CT molecular complexity index is 1070. The van der Waals surface area contributed by atoms with Gasteiger partial charge in [0.05, 0.1) is 10.5 Å². The van der Waals surface area contributed by atoms with E-state index < -0.39 is 34.6 Å². The molecule has 0 radical (unpaired) electrons. The van der Waals surface area contributed by atoms with E-state index in [1.165, 1.54) is 18.2 Å². The minimum absolute atomic E-state index is 0.0951. The number of hydrogen-bond acceptors (Lipinski definition) is 3. The van der Waals surface area contributed by atoms with Gasteiger partial charge in [0, 0.05) is 29.0 Å². The van der Waals surface area contributed by atoms with Crippen LogP contribution in [0.1, 0.15) is 56.6 Å². The molecule has 33 heavy (non-hydrogen) atoms. The van der Waals surface area contributed by atoms with Crippen molar-refractivity contribution in [2.24, 2.45) is 11.8 Å². The number of carboxylic acid groups (broad SMARTS) is 1. The minimum Gasteiger partial charge on any atom is -0.478 e. The fourth-order valence-electron chi connectivity index (χ4n) is 4.17. The summed E-state index contributed by atoms with van der Waals surface area (Å²) in [6, 6.07) is 5.51. The maximum absolute atomic E-state index is 13.1. The standard InChI is InChI=1S/C23H29F3N2O4S/c1-13-8-15(9-13)12-28-14(2)17(21(29)30)11-18(28)16-6-7-20(33(31)27-22(3,4)5)19(10-16)32-23(24,25)26/h6-7,10-11,13,15,27H,8-9,12H2,1-5H3,(H,29,30). The summed E-state index contributed by atoms with van der Waals surface area (Å²) >= 11 is 0.